The van der Waals surface area contributed by atoms with Gasteiger partial charge in [0, 0.05) is 13.1 Å². The van der Waals surface area contributed by atoms with Crippen LogP contribution in [-0.2, 0) is 19.6 Å². The molecule has 0 radical (unpaired) electrons. The molecule has 82 valence electrons. The fraction of sp³-hybridized carbons (Fsp3) is 0.250. The van der Waals surface area contributed by atoms with E-state index in [9.17, 15) is 0 Å². The fourth-order valence-electron chi connectivity index (χ4n) is 2.09. The highest BCUT2D eigenvalue weighted by Gasteiger charge is 2.25. The Hall–Kier alpha value is -1.81. The summed E-state index contributed by atoms with van der Waals surface area (Å²) in [7, 11) is 0. The van der Waals surface area contributed by atoms with E-state index in [1.54, 1.807) is 0 Å². The Morgan fingerprint density at radius 2 is 2.06 bits per heavy atom. The zero-order valence-corrected chi connectivity index (χ0v) is 8.89. The lowest BCUT2D eigenvalue weighted by atomic mass is 10.2. The van der Waals surface area contributed by atoms with E-state index in [1.807, 2.05) is 6.07 Å². The molecular weight excluding hydrogens is 202 g/mol. The molecule has 3 rings (SSSR count). The summed E-state index contributed by atoms with van der Waals surface area (Å²) in [4.78, 5) is 2.29. The summed E-state index contributed by atoms with van der Waals surface area (Å²) >= 11 is 0. The van der Waals surface area contributed by atoms with Crippen molar-refractivity contribution in [2.24, 2.45) is 0 Å². The standard InChI is InChI=1S/C12H13N3O/c13-12-10-7-15(8-11(10)16-14-12)6-9-4-2-1-3-5-9/h1-5H,6-8H2,(H2,13,14). The van der Waals surface area contributed by atoms with Crippen LogP contribution in [0.5, 0.6) is 0 Å². The first-order valence-corrected chi connectivity index (χ1v) is 5.32. The second kappa shape index (κ2) is 3.64. The van der Waals surface area contributed by atoms with Crippen LogP contribution in [0, 0.1) is 0 Å². The van der Waals surface area contributed by atoms with Crippen LogP contribution in [0.2, 0.25) is 0 Å². The van der Waals surface area contributed by atoms with Crippen LogP contribution < -0.4 is 5.73 Å². The first-order chi connectivity index (χ1) is 7.83. The largest absolute Gasteiger partial charge is 0.381 e. The van der Waals surface area contributed by atoms with Crippen LogP contribution >= 0.6 is 0 Å². The van der Waals surface area contributed by atoms with Gasteiger partial charge in [0.15, 0.2) is 11.6 Å². The van der Waals surface area contributed by atoms with Crippen LogP contribution in [0.3, 0.4) is 0 Å². The van der Waals surface area contributed by atoms with Gasteiger partial charge in [0.2, 0.25) is 0 Å². The number of benzene rings is 1. The zero-order chi connectivity index (χ0) is 11.0. The van der Waals surface area contributed by atoms with E-state index in [0.29, 0.717) is 5.82 Å². The van der Waals surface area contributed by atoms with Crippen LogP contribution in [0.4, 0.5) is 5.82 Å². The topological polar surface area (TPSA) is 55.3 Å². The summed E-state index contributed by atoms with van der Waals surface area (Å²) in [6.07, 6.45) is 0. The molecule has 1 aromatic heterocycles. The molecule has 2 aromatic rings. The number of nitrogens with two attached hydrogens (primary N) is 1. The van der Waals surface area contributed by atoms with E-state index in [1.165, 1.54) is 5.56 Å². The van der Waals surface area contributed by atoms with Crippen LogP contribution in [0.1, 0.15) is 16.9 Å². The molecular formula is C12H13N3O. The van der Waals surface area contributed by atoms with E-state index in [0.717, 1.165) is 31.0 Å². The van der Waals surface area contributed by atoms with Gasteiger partial charge in [0.1, 0.15) is 0 Å². The smallest absolute Gasteiger partial charge is 0.171 e. The molecule has 0 bridgehead atoms. The van der Waals surface area contributed by atoms with Gasteiger partial charge in [-0.1, -0.05) is 35.5 Å². The van der Waals surface area contributed by atoms with Crippen molar-refractivity contribution in [1.29, 1.82) is 0 Å². The Morgan fingerprint density at radius 3 is 2.81 bits per heavy atom. The monoisotopic (exact) mass is 215 g/mol. The molecule has 0 unspecified atom stereocenters. The number of anilines is 1. The van der Waals surface area contributed by atoms with Crippen LogP contribution in [0.15, 0.2) is 34.9 Å². The molecule has 2 N–H and O–H groups in total. The van der Waals surface area contributed by atoms with Gasteiger partial charge in [-0.05, 0) is 5.56 Å². The normalized spacial score (nSPS) is 15.2. The van der Waals surface area contributed by atoms with Crippen molar-refractivity contribution in [1.82, 2.24) is 10.1 Å². The first-order valence-electron chi connectivity index (χ1n) is 5.32. The minimum atomic E-state index is 0.533. The molecule has 0 aliphatic carbocycles. The van der Waals surface area contributed by atoms with Crippen molar-refractivity contribution in [3.8, 4) is 0 Å². The molecule has 2 heterocycles. The molecule has 16 heavy (non-hydrogen) atoms. The summed E-state index contributed by atoms with van der Waals surface area (Å²) < 4.78 is 5.16. The van der Waals surface area contributed by atoms with Crippen molar-refractivity contribution < 1.29 is 4.52 Å². The highest BCUT2D eigenvalue weighted by molar-refractivity contribution is 5.42. The number of nitrogens with zero attached hydrogens (tertiary/aromatic N) is 2. The van der Waals surface area contributed by atoms with E-state index in [2.05, 4.69) is 34.3 Å². The third-order valence-corrected chi connectivity index (χ3v) is 2.90. The van der Waals surface area contributed by atoms with E-state index < -0.39 is 0 Å². The van der Waals surface area contributed by atoms with Gasteiger partial charge in [-0.15, -0.1) is 0 Å². The zero-order valence-electron chi connectivity index (χ0n) is 8.89. The highest BCUT2D eigenvalue weighted by atomic mass is 16.5. The number of fused-ring (bicyclic) bond motifs is 1. The summed E-state index contributed by atoms with van der Waals surface area (Å²) in [6.45, 7) is 2.55. The number of rotatable bonds is 2. The van der Waals surface area contributed by atoms with Gasteiger partial charge < -0.3 is 10.3 Å². The van der Waals surface area contributed by atoms with E-state index >= 15 is 0 Å². The minimum absolute atomic E-state index is 0.533. The Kier molecular flexibility index (Phi) is 2.15. The molecule has 0 saturated carbocycles. The third kappa shape index (κ3) is 1.57. The molecule has 1 aliphatic rings. The molecule has 4 heteroatoms. The molecule has 0 amide bonds. The Balaban J connectivity index is 1.73. The Bertz CT molecular complexity index is 492. The number of nitrogen functional groups attached to an aromatic ring is 1. The fourth-order valence-corrected chi connectivity index (χ4v) is 2.09. The quantitative estimate of drug-likeness (QED) is 0.829. The van der Waals surface area contributed by atoms with Crippen LogP contribution in [0.25, 0.3) is 0 Å². The van der Waals surface area contributed by atoms with Gasteiger partial charge in [0.25, 0.3) is 0 Å². The van der Waals surface area contributed by atoms with E-state index in [4.69, 9.17) is 10.3 Å². The average Bonchev–Trinajstić information content (AvgIpc) is 2.83. The minimum Gasteiger partial charge on any atom is -0.381 e. The summed E-state index contributed by atoms with van der Waals surface area (Å²) in [5.74, 6) is 1.44. The summed E-state index contributed by atoms with van der Waals surface area (Å²) in [5.41, 5.74) is 8.07. The molecule has 0 spiro atoms. The van der Waals surface area contributed by atoms with Crippen LogP contribution in [-0.4, -0.2) is 10.1 Å². The van der Waals surface area contributed by atoms with Gasteiger partial charge in [0.05, 0.1) is 12.1 Å². The molecule has 0 fully saturated rings. The maximum absolute atomic E-state index is 5.72. The Morgan fingerprint density at radius 1 is 1.25 bits per heavy atom. The lowest BCUT2D eigenvalue weighted by Gasteiger charge is -2.14. The second-order valence-corrected chi connectivity index (χ2v) is 4.10. The molecule has 1 aromatic carbocycles. The van der Waals surface area contributed by atoms with Crippen molar-refractivity contribution in [2.45, 2.75) is 19.6 Å². The summed E-state index contributed by atoms with van der Waals surface area (Å²) in [5, 5.41) is 3.76. The molecule has 4 nitrogen and oxygen atoms in total. The first kappa shape index (κ1) is 9.42. The SMILES string of the molecule is Nc1noc2c1CN(Cc1ccccc1)C2. The van der Waals surface area contributed by atoms with Gasteiger partial charge in [-0.2, -0.15) is 0 Å². The molecule has 1 aliphatic heterocycles. The van der Waals surface area contributed by atoms with Crippen molar-refractivity contribution in [3.63, 3.8) is 0 Å². The lowest BCUT2D eigenvalue weighted by Crippen LogP contribution is -2.16. The molecule has 0 atom stereocenters. The van der Waals surface area contributed by atoms with Gasteiger partial charge >= 0.3 is 0 Å². The lowest BCUT2D eigenvalue weighted by molar-refractivity contribution is 0.247. The van der Waals surface area contributed by atoms with Crippen molar-refractivity contribution >= 4 is 5.82 Å². The maximum atomic E-state index is 5.72. The predicted molar refractivity (Wildman–Crippen MR) is 60.3 cm³/mol. The maximum Gasteiger partial charge on any atom is 0.171 e. The molecule has 0 saturated heterocycles. The van der Waals surface area contributed by atoms with Crippen molar-refractivity contribution in [2.75, 3.05) is 5.73 Å². The van der Waals surface area contributed by atoms with E-state index in [-0.39, 0.29) is 0 Å². The predicted octanol–water partition coefficient (Wildman–Crippen LogP) is 1.77. The van der Waals surface area contributed by atoms with Gasteiger partial charge in [-0.25, -0.2) is 0 Å². The number of hydrogen-bond acceptors (Lipinski definition) is 4. The number of hydrogen-bond donors (Lipinski definition) is 1. The highest BCUT2D eigenvalue weighted by Crippen LogP contribution is 2.28. The van der Waals surface area contributed by atoms with Crippen molar-refractivity contribution in [3.05, 3.63) is 47.2 Å². The third-order valence-electron chi connectivity index (χ3n) is 2.90. The number of aromatic nitrogens is 1. The average molecular weight is 215 g/mol. The van der Waals surface area contributed by atoms with Gasteiger partial charge in [-0.3, -0.25) is 4.90 Å². The Labute approximate surface area is 93.6 Å². The summed E-state index contributed by atoms with van der Waals surface area (Å²) in [6, 6.07) is 10.4. The second-order valence-electron chi connectivity index (χ2n) is 4.10.